The maximum absolute atomic E-state index is 13.0. The number of hydrogen-bond acceptors (Lipinski definition) is 4. The predicted octanol–water partition coefficient (Wildman–Crippen LogP) is 0.761. The predicted molar refractivity (Wildman–Crippen MR) is 83.0 cm³/mol. The van der Waals surface area contributed by atoms with E-state index >= 15 is 0 Å². The number of aliphatic hydroxyl groups is 1. The van der Waals surface area contributed by atoms with Gasteiger partial charge in [-0.25, -0.2) is 9.07 Å². The molecule has 1 aromatic carbocycles. The number of piperazine rings is 1. The van der Waals surface area contributed by atoms with Crippen molar-refractivity contribution in [3.05, 3.63) is 48.0 Å². The van der Waals surface area contributed by atoms with Gasteiger partial charge in [-0.2, -0.15) is 5.10 Å². The quantitative estimate of drug-likeness (QED) is 0.904. The van der Waals surface area contributed by atoms with Crippen LogP contribution in [0.1, 0.15) is 10.5 Å². The van der Waals surface area contributed by atoms with Crippen molar-refractivity contribution in [3.8, 4) is 5.69 Å². The molecule has 6 nitrogen and oxygen atoms in total. The first kappa shape index (κ1) is 15.6. The molecule has 1 fully saturated rings. The first-order valence-electron chi connectivity index (χ1n) is 7.61. The average molecular weight is 318 g/mol. The molecule has 1 N–H and O–H groups in total. The Balaban J connectivity index is 1.66. The van der Waals surface area contributed by atoms with Gasteiger partial charge in [-0.05, 0) is 30.3 Å². The molecule has 0 saturated carbocycles. The molecule has 1 aromatic heterocycles. The molecule has 23 heavy (non-hydrogen) atoms. The summed E-state index contributed by atoms with van der Waals surface area (Å²) in [7, 11) is 0. The van der Waals surface area contributed by atoms with Gasteiger partial charge in [0.1, 0.15) is 5.82 Å². The molecule has 0 atom stereocenters. The second kappa shape index (κ2) is 6.89. The highest BCUT2D eigenvalue weighted by Crippen LogP contribution is 2.11. The minimum Gasteiger partial charge on any atom is -0.395 e. The van der Waals surface area contributed by atoms with Crippen molar-refractivity contribution in [1.82, 2.24) is 19.6 Å². The molecule has 2 aromatic rings. The number of carbonyl (C=O) groups is 1. The maximum Gasteiger partial charge on any atom is 0.274 e. The van der Waals surface area contributed by atoms with Crippen LogP contribution in [0.25, 0.3) is 5.69 Å². The summed E-state index contributed by atoms with van der Waals surface area (Å²) in [4.78, 5) is 16.4. The van der Waals surface area contributed by atoms with E-state index in [1.165, 1.54) is 12.1 Å². The Bertz CT molecular complexity index is 663. The molecule has 1 aliphatic rings. The van der Waals surface area contributed by atoms with Gasteiger partial charge in [0.2, 0.25) is 0 Å². The van der Waals surface area contributed by atoms with Gasteiger partial charge in [-0.15, -0.1) is 0 Å². The number of amides is 1. The van der Waals surface area contributed by atoms with E-state index in [4.69, 9.17) is 5.11 Å². The fourth-order valence-corrected chi connectivity index (χ4v) is 2.65. The third kappa shape index (κ3) is 3.57. The lowest BCUT2D eigenvalue weighted by molar-refractivity contribution is 0.0609. The molecule has 1 aliphatic heterocycles. The summed E-state index contributed by atoms with van der Waals surface area (Å²) < 4.78 is 14.5. The molecule has 1 saturated heterocycles. The minimum atomic E-state index is -0.307. The third-order valence-corrected chi connectivity index (χ3v) is 3.98. The van der Waals surface area contributed by atoms with Crippen molar-refractivity contribution >= 4 is 5.91 Å². The monoisotopic (exact) mass is 318 g/mol. The topological polar surface area (TPSA) is 61.6 Å². The van der Waals surface area contributed by atoms with E-state index < -0.39 is 0 Å². The van der Waals surface area contributed by atoms with Crippen molar-refractivity contribution < 1.29 is 14.3 Å². The maximum atomic E-state index is 13.0. The van der Waals surface area contributed by atoms with Crippen molar-refractivity contribution in [3.63, 3.8) is 0 Å². The Hall–Kier alpha value is -2.25. The third-order valence-electron chi connectivity index (χ3n) is 3.98. The van der Waals surface area contributed by atoms with Crippen LogP contribution in [0.2, 0.25) is 0 Å². The SMILES string of the molecule is O=C(c1ccn(-c2ccc(F)cc2)n1)N1CCN(CCO)CC1. The zero-order valence-corrected chi connectivity index (χ0v) is 12.7. The second-order valence-electron chi connectivity index (χ2n) is 5.48. The first-order valence-corrected chi connectivity index (χ1v) is 7.61. The number of halogens is 1. The molecule has 3 rings (SSSR count). The van der Waals surface area contributed by atoms with E-state index in [1.807, 2.05) is 0 Å². The summed E-state index contributed by atoms with van der Waals surface area (Å²) in [6, 6.07) is 7.62. The molecule has 1 amide bonds. The van der Waals surface area contributed by atoms with Crippen molar-refractivity contribution in [2.24, 2.45) is 0 Å². The van der Waals surface area contributed by atoms with E-state index in [2.05, 4.69) is 10.00 Å². The zero-order valence-electron chi connectivity index (χ0n) is 12.7. The number of rotatable bonds is 4. The van der Waals surface area contributed by atoms with Crippen molar-refractivity contribution in [1.29, 1.82) is 0 Å². The van der Waals surface area contributed by atoms with Gasteiger partial charge >= 0.3 is 0 Å². The molecule has 0 radical (unpaired) electrons. The van der Waals surface area contributed by atoms with Gasteiger partial charge in [0.05, 0.1) is 12.3 Å². The Kier molecular flexibility index (Phi) is 4.68. The van der Waals surface area contributed by atoms with Crippen LogP contribution in [0.5, 0.6) is 0 Å². The number of nitrogens with zero attached hydrogens (tertiary/aromatic N) is 4. The van der Waals surface area contributed by atoms with E-state index in [0.29, 0.717) is 31.0 Å². The number of carbonyl (C=O) groups excluding carboxylic acids is 1. The summed E-state index contributed by atoms with van der Waals surface area (Å²) in [5.41, 5.74) is 1.09. The van der Waals surface area contributed by atoms with Crippen LogP contribution < -0.4 is 0 Å². The van der Waals surface area contributed by atoms with Crippen LogP contribution in [0.15, 0.2) is 36.5 Å². The average Bonchev–Trinajstić information content (AvgIpc) is 3.06. The lowest BCUT2D eigenvalue weighted by Gasteiger charge is -2.33. The Labute approximate surface area is 133 Å². The zero-order chi connectivity index (χ0) is 16.2. The molecule has 0 spiro atoms. The highest BCUT2D eigenvalue weighted by atomic mass is 19.1. The Morgan fingerprint density at radius 1 is 1.13 bits per heavy atom. The standard InChI is InChI=1S/C16H19FN4O2/c17-13-1-3-14(4-2-13)21-6-5-15(18-21)16(23)20-9-7-19(8-10-20)11-12-22/h1-6,22H,7-12H2. The van der Waals surface area contributed by atoms with Gasteiger partial charge in [0.25, 0.3) is 5.91 Å². The lowest BCUT2D eigenvalue weighted by Crippen LogP contribution is -2.49. The molecular weight excluding hydrogens is 299 g/mol. The van der Waals surface area contributed by atoms with Crippen LogP contribution in [-0.2, 0) is 0 Å². The van der Waals surface area contributed by atoms with Gasteiger partial charge in [0.15, 0.2) is 5.69 Å². The summed E-state index contributed by atoms with van der Waals surface area (Å²) >= 11 is 0. The fraction of sp³-hybridized carbons (Fsp3) is 0.375. The van der Waals surface area contributed by atoms with Crippen LogP contribution in [-0.4, -0.2) is 69.9 Å². The van der Waals surface area contributed by atoms with E-state index in [0.717, 1.165) is 13.1 Å². The van der Waals surface area contributed by atoms with Crippen molar-refractivity contribution in [2.45, 2.75) is 0 Å². The van der Waals surface area contributed by atoms with Crippen molar-refractivity contribution in [2.75, 3.05) is 39.3 Å². The molecular formula is C16H19FN4O2. The first-order chi connectivity index (χ1) is 11.2. The highest BCUT2D eigenvalue weighted by Gasteiger charge is 2.23. The molecule has 2 heterocycles. The molecule has 0 bridgehead atoms. The van der Waals surface area contributed by atoms with Crippen LogP contribution >= 0.6 is 0 Å². The Morgan fingerprint density at radius 2 is 1.83 bits per heavy atom. The summed E-state index contributed by atoms with van der Waals surface area (Å²) in [6.45, 7) is 3.54. The number of benzene rings is 1. The van der Waals surface area contributed by atoms with Gasteiger partial charge in [-0.3, -0.25) is 9.69 Å². The highest BCUT2D eigenvalue weighted by molar-refractivity contribution is 5.92. The minimum absolute atomic E-state index is 0.102. The Morgan fingerprint density at radius 3 is 2.48 bits per heavy atom. The lowest BCUT2D eigenvalue weighted by atomic mass is 10.3. The molecule has 7 heteroatoms. The van der Waals surface area contributed by atoms with E-state index in [9.17, 15) is 9.18 Å². The number of aliphatic hydroxyl groups excluding tert-OH is 1. The van der Waals surface area contributed by atoms with E-state index in [-0.39, 0.29) is 18.3 Å². The molecule has 122 valence electrons. The normalized spacial score (nSPS) is 15.8. The van der Waals surface area contributed by atoms with Gasteiger partial charge in [-0.1, -0.05) is 0 Å². The summed E-state index contributed by atoms with van der Waals surface area (Å²) in [6.07, 6.45) is 1.70. The van der Waals surface area contributed by atoms with Gasteiger partial charge < -0.3 is 10.0 Å². The van der Waals surface area contributed by atoms with Crippen LogP contribution in [0, 0.1) is 5.82 Å². The summed E-state index contributed by atoms with van der Waals surface area (Å²) in [5, 5.41) is 13.2. The number of hydrogen-bond donors (Lipinski definition) is 1. The largest absolute Gasteiger partial charge is 0.395 e. The summed E-state index contributed by atoms with van der Waals surface area (Å²) in [5.74, 6) is -0.410. The second-order valence-corrected chi connectivity index (χ2v) is 5.48. The molecule has 0 aliphatic carbocycles. The van der Waals surface area contributed by atoms with Crippen LogP contribution in [0.3, 0.4) is 0 Å². The molecule has 0 unspecified atom stereocenters. The van der Waals surface area contributed by atoms with Crippen LogP contribution in [0.4, 0.5) is 4.39 Å². The fourth-order valence-electron chi connectivity index (χ4n) is 2.65. The van der Waals surface area contributed by atoms with Gasteiger partial charge in [0, 0.05) is 38.9 Å². The van der Waals surface area contributed by atoms with E-state index in [1.54, 1.807) is 34.0 Å². The number of β-amino-alcohol motifs (C(OH)–C–C–N with tert-alkyl or cyclic N) is 1. The smallest absolute Gasteiger partial charge is 0.274 e. The number of aromatic nitrogens is 2.